The minimum absolute atomic E-state index is 0.0399. The molecule has 1 aromatic carbocycles. The van der Waals surface area contributed by atoms with Gasteiger partial charge in [-0.25, -0.2) is 12.7 Å². The SMILES string of the molecule is CCN(CC)[C@H]1CCN(C(=O)CNC(=O)c2cccc(S(=O)(=O)N(C)C)c2)C1. The Balaban J connectivity index is 1.95. The van der Waals surface area contributed by atoms with Crippen molar-refractivity contribution in [2.75, 3.05) is 46.8 Å². The average molecular weight is 411 g/mol. The van der Waals surface area contributed by atoms with E-state index in [4.69, 9.17) is 0 Å². The monoisotopic (exact) mass is 410 g/mol. The van der Waals surface area contributed by atoms with Crippen LogP contribution in [-0.4, -0.2) is 87.2 Å². The van der Waals surface area contributed by atoms with Gasteiger partial charge in [-0.05, 0) is 37.7 Å². The minimum Gasteiger partial charge on any atom is -0.343 e. The molecule has 2 amide bonds. The molecule has 28 heavy (non-hydrogen) atoms. The number of sulfonamides is 1. The maximum absolute atomic E-state index is 12.4. The molecule has 0 spiro atoms. The fourth-order valence-corrected chi connectivity index (χ4v) is 4.33. The van der Waals surface area contributed by atoms with E-state index in [-0.39, 0.29) is 22.9 Å². The number of nitrogens with one attached hydrogen (secondary N) is 1. The fraction of sp³-hybridized carbons (Fsp3) is 0.579. The van der Waals surface area contributed by atoms with Crippen LogP contribution in [-0.2, 0) is 14.8 Å². The van der Waals surface area contributed by atoms with E-state index < -0.39 is 15.9 Å². The van der Waals surface area contributed by atoms with Crippen LogP contribution in [0.25, 0.3) is 0 Å². The third kappa shape index (κ3) is 5.09. The van der Waals surface area contributed by atoms with Crippen LogP contribution in [0.15, 0.2) is 29.2 Å². The van der Waals surface area contributed by atoms with Gasteiger partial charge in [-0.2, -0.15) is 0 Å². The molecule has 1 aromatic rings. The van der Waals surface area contributed by atoms with E-state index in [2.05, 4.69) is 24.1 Å². The van der Waals surface area contributed by atoms with E-state index >= 15 is 0 Å². The molecule has 0 unspecified atom stereocenters. The molecule has 1 saturated heterocycles. The van der Waals surface area contributed by atoms with Gasteiger partial charge in [0.2, 0.25) is 15.9 Å². The van der Waals surface area contributed by atoms with Crippen LogP contribution in [0, 0.1) is 0 Å². The summed E-state index contributed by atoms with van der Waals surface area (Å²) in [5.74, 6) is -0.594. The van der Waals surface area contributed by atoms with Crippen LogP contribution in [0.5, 0.6) is 0 Å². The van der Waals surface area contributed by atoms with E-state index in [0.29, 0.717) is 19.1 Å². The maximum Gasteiger partial charge on any atom is 0.251 e. The largest absolute Gasteiger partial charge is 0.343 e. The van der Waals surface area contributed by atoms with Crippen LogP contribution in [0.1, 0.15) is 30.6 Å². The quantitative estimate of drug-likeness (QED) is 0.678. The van der Waals surface area contributed by atoms with Gasteiger partial charge in [-0.3, -0.25) is 14.5 Å². The van der Waals surface area contributed by atoms with Gasteiger partial charge in [-0.15, -0.1) is 0 Å². The third-order valence-electron chi connectivity index (χ3n) is 5.12. The lowest BCUT2D eigenvalue weighted by Gasteiger charge is -2.26. The summed E-state index contributed by atoms with van der Waals surface area (Å²) in [6.45, 7) is 7.38. The molecule has 1 N–H and O–H groups in total. The molecule has 1 fully saturated rings. The van der Waals surface area contributed by atoms with E-state index in [1.807, 2.05) is 0 Å². The van der Waals surface area contributed by atoms with Gasteiger partial charge in [0.25, 0.3) is 5.91 Å². The number of rotatable bonds is 8. The highest BCUT2D eigenvalue weighted by Crippen LogP contribution is 2.16. The number of hydrogen-bond acceptors (Lipinski definition) is 5. The third-order valence-corrected chi connectivity index (χ3v) is 6.93. The van der Waals surface area contributed by atoms with Gasteiger partial charge in [0.05, 0.1) is 11.4 Å². The zero-order valence-electron chi connectivity index (χ0n) is 17.0. The second-order valence-electron chi connectivity index (χ2n) is 7.00. The molecule has 1 heterocycles. The Morgan fingerprint density at radius 2 is 1.89 bits per heavy atom. The van der Waals surface area contributed by atoms with Crippen molar-refractivity contribution >= 4 is 21.8 Å². The smallest absolute Gasteiger partial charge is 0.251 e. The molecule has 0 saturated carbocycles. The van der Waals surface area contributed by atoms with Gasteiger partial charge in [0, 0.05) is 38.8 Å². The first-order chi connectivity index (χ1) is 13.2. The number of benzene rings is 1. The fourth-order valence-electron chi connectivity index (χ4n) is 3.38. The molecule has 8 nitrogen and oxygen atoms in total. The van der Waals surface area contributed by atoms with Crippen LogP contribution in [0.2, 0.25) is 0 Å². The zero-order valence-corrected chi connectivity index (χ0v) is 17.8. The predicted molar refractivity (Wildman–Crippen MR) is 108 cm³/mol. The minimum atomic E-state index is -3.62. The lowest BCUT2D eigenvalue weighted by molar-refractivity contribution is -0.129. The Labute approximate surface area is 167 Å². The molecule has 1 aliphatic heterocycles. The highest BCUT2D eigenvalue weighted by molar-refractivity contribution is 7.89. The average Bonchev–Trinajstić information content (AvgIpc) is 3.16. The molecule has 1 aliphatic rings. The van der Waals surface area contributed by atoms with Gasteiger partial charge in [-0.1, -0.05) is 19.9 Å². The van der Waals surface area contributed by atoms with E-state index in [1.165, 1.54) is 38.4 Å². The van der Waals surface area contributed by atoms with Crippen LogP contribution >= 0.6 is 0 Å². The summed E-state index contributed by atoms with van der Waals surface area (Å²) in [6.07, 6.45) is 0.936. The van der Waals surface area contributed by atoms with Crippen molar-refractivity contribution in [3.05, 3.63) is 29.8 Å². The van der Waals surface area contributed by atoms with E-state index in [9.17, 15) is 18.0 Å². The molecular formula is C19H30N4O4S. The van der Waals surface area contributed by atoms with Gasteiger partial charge in [0.1, 0.15) is 0 Å². The highest BCUT2D eigenvalue weighted by Gasteiger charge is 2.29. The molecule has 0 radical (unpaired) electrons. The van der Waals surface area contributed by atoms with Crippen LogP contribution in [0.4, 0.5) is 0 Å². The summed E-state index contributed by atoms with van der Waals surface area (Å²) in [6, 6.07) is 6.17. The molecule has 0 aromatic heterocycles. The summed E-state index contributed by atoms with van der Waals surface area (Å²) < 4.78 is 25.5. The van der Waals surface area contributed by atoms with Crippen LogP contribution in [0.3, 0.4) is 0 Å². The van der Waals surface area contributed by atoms with Crippen molar-refractivity contribution < 1.29 is 18.0 Å². The summed E-state index contributed by atoms with van der Waals surface area (Å²) in [7, 11) is -0.758. The lowest BCUT2D eigenvalue weighted by atomic mass is 10.2. The van der Waals surface area contributed by atoms with Gasteiger partial charge < -0.3 is 10.2 Å². The first kappa shape index (κ1) is 22.3. The molecule has 1 atom stereocenters. The number of hydrogen-bond donors (Lipinski definition) is 1. The molecule has 0 aliphatic carbocycles. The molecule has 2 rings (SSSR count). The summed E-state index contributed by atoms with van der Waals surface area (Å²) in [5.41, 5.74) is 0.207. The van der Waals surface area contributed by atoms with Crippen molar-refractivity contribution in [2.45, 2.75) is 31.2 Å². The number of carbonyl (C=O) groups is 2. The van der Waals surface area contributed by atoms with Crippen LogP contribution < -0.4 is 5.32 Å². The standard InChI is InChI=1S/C19H30N4O4S/c1-5-22(6-2)16-10-11-23(14-16)18(24)13-20-19(25)15-8-7-9-17(12-15)28(26,27)21(3)4/h7-9,12,16H,5-6,10-11,13-14H2,1-4H3,(H,20,25)/t16-/m0/s1. The van der Waals surface area contributed by atoms with Gasteiger partial charge in [0.15, 0.2) is 0 Å². The number of nitrogens with zero attached hydrogens (tertiary/aromatic N) is 3. The second-order valence-corrected chi connectivity index (χ2v) is 9.15. The summed E-state index contributed by atoms with van der Waals surface area (Å²) in [5, 5.41) is 2.60. The Morgan fingerprint density at radius 1 is 1.21 bits per heavy atom. The Morgan fingerprint density at radius 3 is 2.50 bits per heavy atom. The predicted octanol–water partition coefficient (Wildman–Crippen LogP) is 0.609. The maximum atomic E-state index is 12.4. The van der Waals surface area contributed by atoms with Crippen molar-refractivity contribution in [3.63, 3.8) is 0 Å². The van der Waals surface area contributed by atoms with Gasteiger partial charge >= 0.3 is 0 Å². The van der Waals surface area contributed by atoms with Crippen molar-refractivity contribution in [2.24, 2.45) is 0 Å². The van der Waals surface area contributed by atoms with E-state index in [1.54, 1.807) is 4.90 Å². The number of amides is 2. The Hall–Kier alpha value is -1.97. The van der Waals surface area contributed by atoms with Crippen molar-refractivity contribution in [1.29, 1.82) is 0 Å². The number of likely N-dealkylation sites (N-methyl/N-ethyl adjacent to an activating group) is 1. The molecule has 0 bridgehead atoms. The number of carbonyl (C=O) groups excluding carboxylic acids is 2. The zero-order chi connectivity index (χ0) is 20.9. The van der Waals surface area contributed by atoms with E-state index in [0.717, 1.165) is 23.8 Å². The lowest BCUT2D eigenvalue weighted by Crippen LogP contribution is -2.42. The topological polar surface area (TPSA) is 90.0 Å². The summed E-state index contributed by atoms with van der Waals surface area (Å²) in [4.78, 5) is 29.0. The van der Waals surface area contributed by atoms with Crippen molar-refractivity contribution in [1.82, 2.24) is 19.4 Å². The molecule has 9 heteroatoms. The normalized spacial score (nSPS) is 17.4. The second kappa shape index (κ2) is 9.49. The molecule has 156 valence electrons. The Kier molecular flexibility index (Phi) is 7.56. The highest BCUT2D eigenvalue weighted by atomic mass is 32.2. The summed E-state index contributed by atoms with van der Waals surface area (Å²) >= 11 is 0. The number of likely N-dealkylation sites (tertiary alicyclic amines) is 1. The van der Waals surface area contributed by atoms with Crippen molar-refractivity contribution in [3.8, 4) is 0 Å². The Bertz CT molecular complexity index is 806. The molecular weight excluding hydrogens is 380 g/mol. The first-order valence-electron chi connectivity index (χ1n) is 9.53. The first-order valence-corrected chi connectivity index (χ1v) is 11.0.